The van der Waals surface area contributed by atoms with E-state index in [9.17, 15) is 0 Å². The van der Waals surface area contributed by atoms with Gasteiger partial charge in [0.15, 0.2) is 0 Å². The molecule has 0 amide bonds. The van der Waals surface area contributed by atoms with E-state index in [1.165, 1.54) is 0 Å². The lowest BCUT2D eigenvalue weighted by atomic mass is 9.98. The summed E-state index contributed by atoms with van der Waals surface area (Å²) in [6.45, 7) is 8.69. The molecular weight excluding hydrogens is 188 g/mol. The predicted molar refractivity (Wildman–Crippen MR) is 57.3 cm³/mol. The van der Waals surface area contributed by atoms with Crippen LogP contribution in [0.4, 0.5) is 0 Å². The van der Waals surface area contributed by atoms with E-state index in [4.69, 9.17) is 5.26 Å². The molecule has 0 spiro atoms. The molecule has 15 heavy (non-hydrogen) atoms. The first-order chi connectivity index (χ1) is 7.00. The number of rotatable bonds is 1. The second-order valence-corrected chi connectivity index (χ2v) is 5.05. The summed E-state index contributed by atoms with van der Waals surface area (Å²) in [5.74, 6) is 0. The highest BCUT2D eigenvalue weighted by Crippen LogP contribution is 2.28. The lowest BCUT2D eigenvalue weighted by Crippen LogP contribution is -2.56. The Labute approximate surface area is 90.1 Å². The Morgan fingerprint density at radius 1 is 1.47 bits per heavy atom. The number of nitrogens with zero attached hydrogens (tertiary/aromatic N) is 4. The molecular formula is C11H16N4. The van der Waals surface area contributed by atoms with E-state index in [2.05, 4.69) is 36.8 Å². The molecule has 2 heterocycles. The van der Waals surface area contributed by atoms with Crippen LogP contribution in [-0.2, 0) is 0 Å². The fraction of sp³-hybridized carbons (Fsp3) is 0.636. The Morgan fingerprint density at radius 3 is 2.60 bits per heavy atom. The molecule has 80 valence electrons. The first kappa shape index (κ1) is 10.2. The second-order valence-electron chi connectivity index (χ2n) is 5.05. The molecule has 0 unspecified atom stereocenters. The van der Waals surface area contributed by atoms with Gasteiger partial charge in [0.25, 0.3) is 0 Å². The van der Waals surface area contributed by atoms with Crippen molar-refractivity contribution in [2.75, 3.05) is 13.1 Å². The Morgan fingerprint density at radius 2 is 2.13 bits per heavy atom. The second kappa shape index (κ2) is 3.35. The van der Waals surface area contributed by atoms with Crippen molar-refractivity contribution in [3.05, 3.63) is 18.0 Å². The average Bonchev–Trinajstić information content (AvgIpc) is 2.47. The molecule has 0 atom stereocenters. The van der Waals surface area contributed by atoms with Crippen molar-refractivity contribution in [3.8, 4) is 6.07 Å². The van der Waals surface area contributed by atoms with E-state index < -0.39 is 0 Å². The Kier molecular flexibility index (Phi) is 2.28. The molecule has 2 rings (SSSR count). The maximum atomic E-state index is 8.69. The van der Waals surface area contributed by atoms with Crippen LogP contribution in [0.1, 0.15) is 32.4 Å². The molecule has 1 aromatic rings. The molecule has 1 fully saturated rings. The van der Waals surface area contributed by atoms with Gasteiger partial charge in [0, 0.05) is 24.8 Å². The summed E-state index contributed by atoms with van der Waals surface area (Å²) < 4.78 is 1.90. The summed E-state index contributed by atoms with van der Waals surface area (Å²) in [6, 6.07) is 2.53. The van der Waals surface area contributed by atoms with Gasteiger partial charge in [-0.25, -0.2) is 0 Å². The summed E-state index contributed by atoms with van der Waals surface area (Å²) >= 11 is 0. The maximum absolute atomic E-state index is 8.69. The Hall–Kier alpha value is -1.34. The van der Waals surface area contributed by atoms with E-state index in [-0.39, 0.29) is 5.54 Å². The molecule has 4 nitrogen and oxygen atoms in total. The van der Waals surface area contributed by atoms with Crippen molar-refractivity contribution >= 4 is 0 Å². The zero-order valence-electron chi connectivity index (χ0n) is 9.44. The van der Waals surface area contributed by atoms with Crippen molar-refractivity contribution < 1.29 is 0 Å². The highest BCUT2D eigenvalue weighted by molar-refractivity contribution is 5.22. The van der Waals surface area contributed by atoms with Gasteiger partial charge in [-0.15, -0.1) is 0 Å². The van der Waals surface area contributed by atoms with Gasteiger partial charge in [0.1, 0.15) is 6.07 Å². The monoisotopic (exact) mass is 204 g/mol. The summed E-state index contributed by atoms with van der Waals surface area (Å²) in [5.41, 5.74) is 0.881. The zero-order valence-corrected chi connectivity index (χ0v) is 9.44. The molecule has 1 aromatic heterocycles. The molecule has 1 aliphatic heterocycles. The van der Waals surface area contributed by atoms with Crippen LogP contribution in [0.25, 0.3) is 0 Å². The lowest BCUT2D eigenvalue weighted by Gasteiger charge is -2.47. The lowest BCUT2D eigenvalue weighted by molar-refractivity contribution is 0.0155. The van der Waals surface area contributed by atoms with Crippen molar-refractivity contribution in [1.29, 1.82) is 5.26 Å². The summed E-state index contributed by atoms with van der Waals surface area (Å²) in [4.78, 5) is 2.41. The third-order valence-corrected chi connectivity index (χ3v) is 2.92. The molecule has 0 aromatic carbocycles. The van der Waals surface area contributed by atoms with Crippen molar-refractivity contribution in [2.24, 2.45) is 0 Å². The standard InChI is InChI=1S/C11H16N4/c1-11(2,3)14-7-10(8-14)15-6-9(4-12)5-13-15/h5-6,10H,7-8H2,1-3H3. The topological polar surface area (TPSA) is 44.9 Å². The van der Waals surface area contributed by atoms with E-state index >= 15 is 0 Å². The van der Waals surface area contributed by atoms with Gasteiger partial charge < -0.3 is 0 Å². The van der Waals surface area contributed by atoms with Crippen LogP contribution in [0, 0.1) is 11.3 Å². The maximum Gasteiger partial charge on any atom is 0.102 e. The predicted octanol–water partition coefficient (Wildman–Crippen LogP) is 1.41. The molecule has 0 saturated carbocycles. The average molecular weight is 204 g/mol. The van der Waals surface area contributed by atoms with Gasteiger partial charge in [-0.3, -0.25) is 9.58 Å². The van der Waals surface area contributed by atoms with Gasteiger partial charge >= 0.3 is 0 Å². The van der Waals surface area contributed by atoms with E-state index in [0.29, 0.717) is 11.6 Å². The van der Waals surface area contributed by atoms with Crippen LogP contribution in [-0.4, -0.2) is 33.3 Å². The number of hydrogen-bond acceptors (Lipinski definition) is 3. The highest BCUT2D eigenvalue weighted by Gasteiger charge is 2.35. The fourth-order valence-corrected chi connectivity index (χ4v) is 1.77. The van der Waals surface area contributed by atoms with Crippen LogP contribution >= 0.6 is 0 Å². The zero-order chi connectivity index (χ0) is 11.1. The van der Waals surface area contributed by atoms with Gasteiger partial charge in [0.05, 0.1) is 17.8 Å². The Bertz CT molecular complexity index is 387. The summed E-state index contributed by atoms with van der Waals surface area (Å²) in [6.07, 6.45) is 3.45. The number of likely N-dealkylation sites (tertiary alicyclic amines) is 1. The minimum Gasteiger partial charge on any atom is -0.294 e. The van der Waals surface area contributed by atoms with Crippen LogP contribution in [0.15, 0.2) is 12.4 Å². The first-order valence-corrected chi connectivity index (χ1v) is 5.20. The van der Waals surface area contributed by atoms with E-state index in [0.717, 1.165) is 13.1 Å². The van der Waals surface area contributed by atoms with Crippen LogP contribution < -0.4 is 0 Å². The number of aromatic nitrogens is 2. The minimum atomic E-state index is 0.238. The molecule has 1 aliphatic rings. The molecule has 1 saturated heterocycles. The van der Waals surface area contributed by atoms with Gasteiger partial charge in [0.2, 0.25) is 0 Å². The molecule has 0 bridgehead atoms. The van der Waals surface area contributed by atoms with Crippen molar-refractivity contribution in [2.45, 2.75) is 32.4 Å². The highest BCUT2D eigenvalue weighted by atomic mass is 15.4. The first-order valence-electron chi connectivity index (χ1n) is 5.20. The van der Waals surface area contributed by atoms with Gasteiger partial charge in [-0.1, -0.05) is 0 Å². The molecule has 0 radical (unpaired) electrons. The van der Waals surface area contributed by atoms with Gasteiger partial charge in [-0.2, -0.15) is 10.4 Å². The SMILES string of the molecule is CC(C)(C)N1CC(n2cc(C#N)cn2)C1. The Balaban J connectivity index is 1.98. The van der Waals surface area contributed by atoms with Crippen LogP contribution in [0.3, 0.4) is 0 Å². The quantitative estimate of drug-likeness (QED) is 0.694. The van der Waals surface area contributed by atoms with E-state index in [1.54, 1.807) is 6.20 Å². The molecule has 0 N–H and O–H groups in total. The third kappa shape index (κ3) is 1.88. The fourth-order valence-electron chi connectivity index (χ4n) is 1.77. The number of nitriles is 1. The minimum absolute atomic E-state index is 0.238. The summed E-state index contributed by atoms with van der Waals surface area (Å²) in [5, 5.41) is 12.9. The normalized spacial score (nSPS) is 18.5. The molecule has 4 heteroatoms. The van der Waals surface area contributed by atoms with Crippen molar-refractivity contribution in [1.82, 2.24) is 14.7 Å². The molecule has 0 aliphatic carbocycles. The van der Waals surface area contributed by atoms with Crippen molar-refractivity contribution in [3.63, 3.8) is 0 Å². The van der Waals surface area contributed by atoms with Crippen LogP contribution in [0.5, 0.6) is 0 Å². The number of hydrogen-bond donors (Lipinski definition) is 0. The van der Waals surface area contributed by atoms with Gasteiger partial charge in [-0.05, 0) is 20.8 Å². The van der Waals surface area contributed by atoms with E-state index in [1.807, 2.05) is 10.9 Å². The summed E-state index contributed by atoms with van der Waals surface area (Å²) in [7, 11) is 0. The smallest absolute Gasteiger partial charge is 0.102 e. The van der Waals surface area contributed by atoms with Crippen LogP contribution in [0.2, 0.25) is 0 Å². The third-order valence-electron chi connectivity index (χ3n) is 2.92. The largest absolute Gasteiger partial charge is 0.294 e.